The van der Waals surface area contributed by atoms with Crippen LogP contribution in [0, 0.1) is 17.2 Å². The number of nitriles is 1. The van der Waals surface area contributed by atoms with Crippen LogP contribution in [0.25, 0.3) is 0 Å². The number of nitrogens with one attached hydrogen (secondary N) is 3. The van der Waals surface area contributed by atoms with E-state index in [0.29, 0.717) is 30.0 Å². The molecular weight excluding hydrogens is 490 g/mol. The zero-order valence-corrected chi connectivity index (χ0v) is 19.9. The van der Waals surface area contributed by atoms with Crippen LogP contribution >= 0.6 is 15.9 Å². The lowest BCUT2D eigenvalue weighted by atomic mass is 9.72. The average molecular weight is 516 g/mol. The Kier molecular flexibility index (Phi) is 6.70. The first-order valence-corrected chi connectivity index (χ1v) is 12.0. The van der Waals surface area contributed by atoms with Crippen LogP contribution < -0.4 is 16.1 Å². The summed E-state index contributed by atoms with van der Waals surface area (Å²) in [6, 6.07) is 7.36. The van der Waals surface area contributed by atoms with E-state index in [2.05, 4.69) is 43.2 Å². The van der Waals surface area contributed by atoms with E-state index in [1.54, 1.807) is 18.2 Å². The summed E-state index contributed by atoms with van der Waals surface area (Å²) in [6.45, 7) is 1.90. The fourth-order valence-corrected chi connectivity index (χ4v) is 5.01. The monoisotopic (exact) mass is 515 g/mol. The van der Waals surface area contributed by atoms with Crippen LogP contribution in [0.2, 0.25) is 0 Å². The lowest BCUT2D eigenvalue weighted by molar-refractivity contribution is -0.139. The summed E-state index contributed by atoms with van der Waals surface area (Å²) in [4.78, 5) is 36.0. The molecular formula is C23H26BrN5O4. The highest BCUT2D eigenvalue weighted by molar-refractivity contribution is 9.10. The molecule has 174 valence electrons. The summed E-state index contributed by atoms with van der Waals surface area (Å²) in [5.41, 5.74) is 3.34. The Morgan fingerprint density at radius 2 is 2.03 bits per heavy atom. The Hall–Kier alpha value is -2.93. The normalized spacial score (nSPS) is 25.2. The zero-order valence-electron chi connectivity index (χ0n) is 18.3. The number of amides is 3. The van der Waals surface area contributed by atoms with Gasteiger partial charge in [-0.2, -0.15) is 10.4 Å². The van der Waals surface area contributed by atoms with Crippen LogP contribution in [-0.4, -0.2) is 41.3 Å². The number of halogens is 1. The Morgan fingerprint density at radius 1 is 1.30 bits per heavy atom. The molecule has 3 N–H and O–H groups in total. The van der Waals surface area contributed by atoms with Crippen LogP contribution in [-0.2, 0) is 14.3 Å². The van der Waals surface area contributed by atoms with Crippen molar-refractivity contribution >= 4 is 39.5 Å². The molecule has 4 rings (SSSR count). The van der Waals surface area contributed by atoms with Crippen molar-refractivity contribution in [3.63, 3.8) is 0 Å². The molecule has 9 nitrogen and oxygen atoms in total. The summed E-state index contributed by atoms with van der Waals surface area (Å²) >= 11 is 3.53. The third kappa shape index (κ3) is 5.36. The van der Waals surface area contributed by atoms with Gasteiger partial charge >= 0.3 is 17.9 Å². The van der Waals surface area contributed by atoms with E-state index in [9.17, 15) is 19.6 Å². The molecule has 1 aromatic rings. The smallest absolute Gasteiger partial charge is 0.428 e. The van der Waals surface area contributed by atoms with Crippen molar-refractivity contribution in [2.45, 2.75) is 69.6 Å². The van der Waals surface area contributed by atoms with E-state index in [0.717, 1.165) is 42.1 Å². The molecule has 1 spiro atoms. The number of ether oxygens (including phenoxy) is 1. The van der Waals surface area contributed by atoms with E-state index in [-0.39, 0.29) is 12.1 Å². The largest absolute Gasteiger partial charge is 0.435 e. The van der Waals surface area contributed by atoms with E-state index in [1.807, 2.05) is 6.92 Å². The average Bonchev–Trinajstić information content (AvgIpc) is 3.60. The minimum absolute atomic E-state index is 0.144. The number of rotatable bonds is 5. The Bertz CT molecular complexity index is 1040. The first-order valence-electron chi connectivity index (χ1n) is 11.2. The highest BCUT2D eigenvalue weighted by atomic mass is 79.9. The molecule has 3 aliphatic rings. The standard InChI is InChI=1S/C23H26BrN5O4/c1-13(26-20(30)21(31)27-16-3-4-16)10-14-6-8-23(9-7-14)19(28-29-22(32)33-23)17-11-15(12-25)2-5-18(17)24/h2,5,11,13-14,16H,3-4,6-10H2,1H3,(H,26,30)(H,27,31)(H,29,32)/t13-,14?,23?/m0/s1. The Balaban J connectivity index is 1.40. The van der Waals surface area contributed by atoms with Crippen molar-refractivity contribution in [1.29, 1.82) is 5.26 Å². The first kappa shape index (κ1) is 23.2. The predicted octanol–water partition coefficient (Wildman–Crippen LogP) is 2.87. The van der Waals surface area contributed by atoms with E-state index in [4.69, 9.17) is 4.74 Å². The Morgan fingerprint density at radius 3 is 2.70 bits per heavy atom. The summed E-state index contributed by atoms with van der Waals surface area (Å²) in [5.74, 6) is -0.855. The minimum atomic E-state index is -0.869. The van der Waals surface area contributed by atoms with Gasteiger partial charge in [-0.1, -0.05) is 15.9 Å². The lowest BCUT2D eigenvalue weighted by Crippen LogP contribution is -2.52. The summed E-state index contributed by atoms with van der Waals surface area (Å²) < 4.78 is 6.56. The maximum absolute atomic E-state index is 12.1. The third-order valence-corrected chi connectivity index (χ3v) is 7.12. The highest BCUT2D eigenvalue weighted by Crippen LogP contribution is 2.41. The van der Waals surface area contributed by atoms with Gasteiger partial charge in [0.2, 0.25) is 0 Å². The predicted molar refractivity (Wildman–Crippen MR) is 123 cm³/mol. The molecule has 1 atom stereocenters. The van der Waals surface area contributed by atoms with Gasteiger partial charge in [-0.25, -0.2) is 10.2 Å². The van der Waals surface area contributed by atoms with Gasteiger partial charge in [0.05, 0.1) is 11.6 Å². The zero-order chi connectivity index (χ0) is 23.6. The van der Waals surface area contributed by atoms with Gasteiger partial charge < -0.3 is 15.4 Å². The molecule has 3 amide bonds. The quantitative estimate of drug-likeness (QED) is 0.518. The van der Waals surface area contributed by atoms with Crippen molar-refractivity contribution in [1.82, 2.24) is 16.1 Å². The van der Waals surface area contributed by atoms with Crippen LogP contribution in [0.1, 0.15) is 63.0 Å². The second-order valence-corrected chi connectivity index (χ2v) is 9.92. The molecule has 1 aliphatic heterocycles. The fraction of sp³-hybridized carbons (Fsp3) is 0.522. The Labute approximate surface area is 200 Å². The van der Waals surface area contributed by atoms with Gasteiger partial charge in [0.1, 0.15) is 5.71 Å². The van der Waals surface area contributed by atoms with Gasteiger partial charge in [0.15, 0.2) is 5.60 Å². The molecule has 1 heterocycles. The maximum Gasteiger partial charge on any atom is 0.428 e. The molecule has 33 heavy (non-hydrogen) atoms. The summed E-state index contributed by atoms with van der Waals surface area (Å²) in [5, 5.41) is 19.1. The van der Waals surface area contributed by atoms with Crippen molar-refractivity contribution < 1.29 is 19.1 Å². The lowest BCUT2D eigenvalue weighted by Gasteiger charge is -2.42. The van der Waals surface area contributed by atoms with Crippen molar-refractivity contribution in [2.24, 2.45) is 11.0 Å². The molecule has 0 saturated heterocycles. The van der Waals surface area contributed by atoms with Gasteiger partial charge in [0, 0.05) is 22.1 Å². The highest BCUT2D eigenvalue weighted by Gasteiger charge is 2.47. The molecule has 0 bridgehead atoms. The fourth-order valence-electron chi connectivity index (χ4n) is 4.58. The van der Waals surface area contributed by atoms with Crippen LogP contribution in [0.3, 0.4) is 0 Å². The van der Waals surface area contributed by atoms with E-state index >= 15 is 0 Å². The summed E-state index contributed by atoms with van der Waals surface area (Å²) in [6.07, 6.45) is 4.71. The van der Waals surface area contributed by atoms with Gasteiger partial charge in [-0.05, 0) is 76.0 Å². The molecule has 0 aromatic heterocycles. The molecule has 0 unspecified atom stereocenters. The number of carbonyl (C=O) groups excluding carboxylic acids is 3. The van der Waals surface area contributed by atoms with Gasteiger partial charge in [-0.3, -0.25) is 9.59 Å². The second kappa shape index (κ2) is 9.51. The molecule has 0 radical (unpaired) electrons. The summed E-state index contributed by atoms with van der Waals surface area (Å²) in [7, 11) is 0. The van der Waals surface area contributed by atoms with Gasteiger partial charge in [0.25, 0.3) is 0 Å². The second-order valence-electron chi connectivity index (χ2n) is 9.06. The first-order chi connectivity index (χ1) is 15.8. The molecule has 2 aliphatic carbocycles. The van der Waals surface area contributed by atoms with Crippen molar-refractivity contribution in [3.8, 4) is 6.07 Å². The molecule has 2 saturated carbocycles. The number of hydrazone groups is 1. The molecule has 2 fully saturated rings. The van der Waals surface area contributed by atoms with E-state index < -0.39 is 23.5 Å². The van der Waals surface area contributed by atoms with Crippen LogP contribution in [0.4, 0.5) is 4.79 Å². The number of carbonyl (C=O) groups is 3. The molecule has 10 heteroatoms. The van der Waals surface area contributed by atoms with Crippen LogP contribution in [0.15, 0.2) is 27.8 Å². The number of hydrogen-bond acceptors (Lipinski definition) is 6. The SMILES string of the molecule is C[C@@H](CC1CCC2(CC1)OC(=O)NN=C2c1cc(C#N)ccc1Br)NC(=O)C(=O)NC1CC1. The molecule has 1 aromatic carbocycles. The van der Waals surface area contributed by atoms with Crippen molar-refractivity contribution in [2.75, 3.05) is 0 Å². The number of nitrogens with zero attached hydrogens (tertiary/aromatic N) is 2. The van der Waals surface area contributed by atoms with Crippen molar-refractivity contribution in [3.05, 3.63) is 33.8 Å². The van der Waals surface area contributed by atoms with Gasteiger partial charge in [-0.15, -0.1) is 0 Å². The number of benzene rings is 1. The maximum atomic E-state index is 12.1. The topological polar surface area (TPSA) is 133 Å². The third-order valence-electron chi connectivity index (χ3n) is 6.43. The van der Waals surface area contributed by atoms with Crippen LogP contribution in [0.5, 0.6) is 0 Å². The minimum Gasteiger partial charge on any atom is -0.435 e. The van der Waals surface area contributed by atoms with E-state index in [1.165, 1.54) is 0 Å². The number of hydrogen-bond donors (Lipinski definition) is 3.